The smallest absolute Gasteiger partial charge is 0.366 e. The number of nitrogens with zero attached hydrogens (tertiary/aromatic N) is 2. The van der Waals surface area contributed by atoms with Gasteiger partial charge >= 0.3 is 6.18 Å². The molecule has 2 nitrogen and oxygen atoms in total. The molecule has 0 heterocycles. The number of alkyl halides is 3. The number of rotatable bonds is 6. The second kappa shape index (κ2) is 7.75. The van der Waals surface area contributed by atoms with E-state index in [2.05, 4.69) is 4.99 Å². The van der Waals surface area contributed by atoms with Gasteiger partial charge in [0.15, 0.2) is 0 Å². The van der Waals surface area contributed by atoms with Gasteiger partial charge in [-0.25, -0.2) is 4.99 Å². The zero-order chi connectivity index (χ0) is 19.6. The van der Waals surface area contributed by atoms with Gasteiger partial charge in [0.05, 0.1) is 17.6 Å². The Bertz CT molecular complexity index is 836. The van der Waals surface area contributed by atoms with E-state index < -0.39 is 11.7 Å². The largest absolute Gasteiger partial charge is 0.416 e. The molecule has 0 atom stereocenters. The van der Waals surface area contributed by atoms with Crippen LogP contribution in [0, 0.1) is 6.92 Å². The van der Waals surface area contributed by atoms with E-state index >= 15 is 0 Å². The van der Waals surface area contributed by atoms with Gasteiger partial charge in [0, 0.05) is 13.6 Å². The quantitative estimate of drug-likeness (QED) is 0.441. The highest BCUT2D eigenvalue weighted by Crippen LogP contribution is 2.47. The van der Waals surface area contributed by atoms with Crippen LogP contribution in [-0.4, -0.2) is 24.8 Å². The van der Waals surface area contributed by atoms with Crippen molar-refractivity contribution >= 4 is 12.0 Å². The van der Waals surface area contributed by atoms with Gasteiger partial charge in [0.2, 0.25) is 0 Å². The molecule has 1 fully saturated rings. The van der Waals surface area contributed by atoms with Gasteiger partial charge in [0.25, 0.3) is 0 Å². The Hall–Kier alpha value is -2.30. The van der Waals surface area contributed by atoms with E-state index in [-0.39, 0.29) is 6.42 Å². The van der Waals surface area contributed by atoms with Crippen LogP contribution in [0.5, 0.6) is 0 Å². The third-order valence-corrected chi connectivity index (χ3v) is 5.11. The Kier molecular flexibility index (Phi) is 5.59. The van der Waals surface area contributed by atoms with Crippen LogP contribution in [0.15, 0.2) is 41.4 Å². The lowest BCUT2D eigenvalue weighted by Crippen LogP contribution is -2.14. The second-order valence-electron chi connectivity index (χ2n) is 7.26. The second-order valence-corrected chi connectivity index (χ2v) is 7.26. The highest BCUT2D eigenvalue weighted by Gasteiger charge is 2.36. The first-order valence-electron chi connectivity index (χ1n) is 9.32. The number of aliphatic imine (C=N–C) groups is 1. The Balaban J connectivity index is 2.08. The van der Waals surface area contributed by atoms with Crippen molar-refractivity contribution in [1.29, 1.82) is 0 Å². The Labute approximate surface area is 158 Å². The summed E-state index contributed by atoms with van der Waals surface area (Å²) in [5.74, 6) is 0.321. The molecule has 0 saturated heterocycles. The number of benzene rings is 2. The molecule has 0 spiro atoms. The maximum absolute atomic E-state index is 13.8. The first kappa shape index (κ1) is 19.5. The van der Waals surface area contributed by atoms with Gasteiger partial charge in [-0.1, -0.05) is 30.3 Å². The van der Waals surface area contributed by atoms with Gasteiger partial charge in [-0.3, -0.25) is 0 Å². The average molecular weight is 374 g/mol. The van der Waals surface area contributed by atoms with Crippen molar-refractivity contribution in [1.82, 2.24) is 4.90 Å². The molecule has 3 rings (SSSR count). The van der Waals surface area contributed by atoms with E-state index in [0.29, 0.717) is 17.2 Å². The van der Waals surface area contributed by atoms with Crippen molar-refractivity contribution in [2.45, 2.75) is 45.2 Å². The summed E-state index contributed by atoms with van der Waals surface area (Å²) >= 11 is 0. The van der Waals surface area contributed by atoms with Crippen LogP contribution < -0.4 is 0 Å². The number of halogens is 3. The fourth-order valence-electron chi connectivity index (χ4n) is 3.15. The third kappa shape index (κ3) is 4.71. The summed E-state index contributed by atoms with van der Waals surface area (Å²) in [7, 11) is 1.86. The minimum atomic E-state index is -4.40. The lowest BCUT2D eigenvalue weighted by atomic mass is 9.93. The number of hydrogen-bond acceptors (Lipinski definition) is 1. The van der Waals surface area contributed by atoms with Crippen molar-refractivity contribution in [2.75, 3.05) is 13.6 Å². The molecule has 0 bridgehead atoms. The minimum absolute atomic E-state index is 0.278. The SMILES string of the molecule is CCN(C)C=Nc1cc(C(F)(F)F)c(Cc2ccccc2C)cc1C1CC1. The average Bonchev–Trinajstić information content (AvgIpc) is 3.46. The van der Waals surface area contributed by atoms with Gasteiger partial charge in [-0.2, -0.15) is 13.2 Å². The topological polar surface area (TPSA) is 15.6 Å². The predicted octanol–water partition coefficient (Wildman–Crippen LogP) is 6.09. The summed E-state index contributed by atoms with van der Waals surface area (Å²) in [4.78, 5) is 6.23. The molecule has 0 N–H and O–H groups in total. The summed E-state index contributed by atoms with van der Waals surface area (Å²) in [5, 5.41) is 0. The maximum Gasteiger partial charge on any atom is 0.416 e. The monoisotopic (exact) mass is 374 g/mol. The number of aryl methyl sites for hydroxylation is 1. The molecule has 2 aromatic carbocycles. The molecule has 0 radical (unpaired) electrons. The Morgan fingerprint density at radius 2 is 1.85 bits per heavy atom. The molecule has 0 aliphatic heterocycles. The lowest BCUT2D eigenvalue weighted by molar-refractivity contribution is -0.138. The molecular weight excluding hydrogens is 349 g/mol. The van der Waals surface area contributed by atoms with E-state index in [1.165, 1.54) is 6.07 Å². The number of hydrogen-bond donors (Lipinski definition) is 0. The van der Waals surface area contributed by atoms with E-state index in [1.807, 2.05) is 50.1 Å². The van der Waals surface area contributed by atoms with E-state index in [9.17, 15) is 13.2 Å². The van der Waals surface area contributed by atoms with Crippen LogP contribution in [-0.2, 0) is 12.6 Å². The maximum atomic E-state index is 13.8. The first-order chi connectivity index (χ1) is 12.8. The van der Waals surface area contributed by atoms with Crippen LogP contribution in [0.25, 0.3) is 0 Å². The molecule has 0 amide bonds. The van der Waals surface area contributed by atoms with E-state index in [4.69, 9.17) is 0 Å². The highest BCUT2D eigenvalue weighted by molar-refractivity contribution is 5.65. The molecule has 0 aromatic heterocycles. The Morgan fingerprint density at radius 1 is 1.15 bits per heavy atom. The first-order valence-corrected chi connectivity index (χ1v) is 9.32. The Morgan fingerprint density at radius 3 is 2.44 bits per heavy atom. The molecule has 1 saturated carbocycles. The molecule has 27 heavy (non-hydrogen) atoms. The summed E-state index contributed by atoms with van der Waals surface area (Å²) < 4.78 is 41.3. The lowest BCUT2D eigenvalue weighted by Gasteiger charge is -2.18. The molecule has 144 valence electrons. The third-order valence-electron chi connectivity index (χ3n) is 5.11. The van der Waals surface area contributed by atoms with Gasteiger partial charge < -0.3 is 4.90 Å². The van der Waals surface area contributed by atoms with Crippen LogP contribution in [0.3, 0.4) is 0 Å². The summed E-state index contributed by atoms with van der Waals surface area (Å²) in [5.41, 5.74) is 3.06. The van der Waals surface area contributed by atoms with Gasteiger partial charge in [-0.15, -0.1) is 0 Å². The molecular formula is C22H25F3N2. The van der Waals surface area contributed by atoms with E-state index in [1.54, 1.807) is 12.4 Å². The van der Waals surface area contributed by atoms with Gasteiger partial charge in [0.1, 0.15) is 0 Å². The van der Waals surface area contributed by atoms with Crippen LogP contribution in [0.2, 0.25) is 0 Å². The van der Waals surface area contributed by atoms with Crippen molar-refractivity contribution in [2.24, 2.45) is 4.99 Å². The molecule has 1 aliphatic rings. The predicted molar refractivity (Wildman–Crippen MR) is 104 cm³/mol. The molecule has 0 unspecified atom stereocenters. The van der Waals surface area contributed by atoms with E-state index in [0.717, 1.165) is 36.1 Å². The summed E-state index contributed by atoms with van der Waals surface area (Å²) in [6, 6.07) is 10.6. The fraction of sp³-hybridized carbons (Fsp3) is 0.409. The summed E-state index contributed by atoms with van der Waals surface area (Å²) in [6.45, 7) is 4.66. The summed E-state index contributed by atoms with van der Waals surface area (Å²) in [6.07, 6.45) is -0.480. The minimum Gasteiger partial charge on any atom is -0.366 e. The van der Waals surface area contributed by atoms with Crippen molar-refractivity contribution in [3.63, 3.8) is 0 Å². The standard InChI is InChI=1S/C22H25F3N2/c1-4-27(3)14-26-21-13-20(22(23,24)25)18(12-19(21)16-9-10-16)11-17-8-6-5-7-15(17)2/h5-8,12-14,16H,4,9-11H2,1-3H3. The molecule has 2 aromatic rings. The zero-order valence-electron chi connectivity index (χ0n) is 16.0. The van der Waals surface area contributed by atoms with Crippen molar-refractivity contribution < 1.29 is 13.2 Å². The van der Waals surface area contributed by atoms with Crippen LogP contribution in [0.1, 0.15) is 53.5 Å². The van der Waals surface area contributed by atoms with Crippen LogP contribution >= 0.6 is 0 Å². The van der Waals surface area contributed by atoms with Gasteiger partial charge in [-0.05, 0) is 67.3 Å². The molecule has 1 aliphatic carbocycles. The normalized spacial score (nSPS) is 14.7. The zero-order valence-corrected chi connectivity index (χ0v) is 16.0. The fourth-order valence-corrected chi connectivity index (χ4v) is 3.15. The van der Waals surface area contributed by atoms with Crippen molar-refractivity contribution in [3.8, 4) is 0 Å². The highest BCUT2D eigenvalue weighted by atomic mass is 19.4. The van der Waals surface area contributed by atoms with Crippen LogP contribution in [0.4, 0.5) is 18.9 Å². The molecule has 5 heteroatoms. The van der Waals surface area contributed by atoms with Crippen molar-refractivity contribution in [3.05, 3.63) is 64.2 Å².